The SMILES string of the molecule is C#Cc1cnc2[nH]c(=O)n(CCCCC)c2c1CC(N)=O. The number of rotatable bonds is 6. The summed E-state index contributed by atoms with van der Waals surface area (Å²) in [5.74, 6) is 2.00. The Labute approximate surface area is 122 Å². The van der Waals surface area contributed by atoms with Crippen molar-refractivity contribution in [1.29, 1.82) is 0 Å². The number of nitrogens with zero attached hydrogens (tertiary/aromatic N) is 2. The van der Waals surface area contributed by atoms with Crippen LogP contribution in [0.3, 0.4) is 0 Å². The lowest BCUT2D eigenvalue weighted by molar-refractivity contribution is -0.117. The average Bonchev–Trinajstić information content (AvgIpc) is 2.75. The molecule has 2 rings (SSSR count). The molecule has 0 aromatic carbocycles. The Morgan fingerprint density at radius 2 is 2.29 bits per heavy atom. The van der Waals surface area contributed by atoms with Gasteiger partial charge in [-0.05, 0) is 6.42 Å². The first-order chi connectivity index (χ1) is 10.1. The first kappa shape index (κ1) is 14.9. The van der Waals surface area contributed by atoms with E-state index in [9.17, 15) is 9.59 Å². The number of pyridine rings is 1. The van der Waals surface area contributed by atoms with Gasteiger partial charge >= 0.3 is 5.69 Å². The fourth-order valence-electron chi connectivity index (χ4n) is 2.40. The molecule has 0 saturated carbocycles. The summed E-state index contributed by atoms with van der Waals surface area (Å²) in [5, 5.41) is 0. The number of H-pyrrole nitrogens is 1. The number of primary amides is 1. The van der Waals surface area contributed by atoms with E-state index in [0.717, 1.165) is 19.3 Å². The minimum atomic E-state index is -0.493. The van der Waals surface area contributed by atoms with E-state index in [1.807, 2.05) is 0 Å². The molecule has 0 bridgehead atoms. The van der Waals surface area contributed by atoms with Crippen molar-refractivity contribution in [3.8, 4) is 12.3 Å². The number of aromatic nitrogens is 3. The van der Waals surface area contributed by atoms with E-state index in [1.165, 1.54) is 6.20 Å². The molecule has 0 spiro atoms. The molecule has 0 unspecified atom stereocenters. The van der Waals surface area contributed by atoms with Gasteiger partial charge in [-0.3, -0.25) is 14.3 Å². The van der Waals surface area contributed by atoms with Crippen LogP contribution in [0.1, 0.15) is 37.3 Å². The predicted octanol–water partition coefficient (Wildman–Crippen LogP) is 0.924. The Morgan fingerprint density at radius 1 is 1.52 bits per heavy atom. The van der Waals surface area contributed by atoms with E-state index >= 15 is 0 Å². The highest BCUT2D eigenvalue weighted by Crippen LogP contribution is 2.19. The maximum atomic E-state index is 12.1. The van der Waals surface area contributed by atoms with Crippen molar-refractivity contribution in [2.75, 3.05) is 0 Å². The third-order valence-corrected chi connectivity index (χ3v) is 3.39. The number of amides is 1. The third-order valence-electron chi connectivity index (χ3n) is 3.39. The highest BCUT2D eigenvalue weighted by molar-refractivity contribution is 5.85. The van der Waals surface area contributed by atoms with Crippen LogP contribution in [-0.4, -0.2) is 20.4 Å². The van der Waals surface area contributed by atoms with Crippen molar-refractivity contribution in [2.45, 2.75) is 39.2 Å². The van der Waals surface area contributed by atoms with Gasteiger partial charge in [0.2, 0.25) is 5.91 Å². The number of unbranched alkanes of at least 4 members (excludes halogenated alkanes) is 2. The van der Waals surface area contributed by atoms with Crippen LogP contribution in [0.5, 0.6) is 0 Å². The molecule has 6 heteroatoms. The molecule has 0 fully saturated rings. The minimum absolute atomic E-state index is 0.0103. The predicted molar refractivity (Wildman–Crippen MR) is 80.7 cm³/mol. The molecule has 3 N–H and O–H groups in total. The van der Waals surface area contributed by atoms with Crippen LogP contribution < -0.4 is 11.4 Å². The number of aryl methyl sites for hydroxylation is 1. The number of hydrogen-bond acceptors (Lipinski definition) is 3. The highest BCUT2D eigenvalue weighted by atomic mass is 16.1. The normalized spacial score (nSPS) is 10.7. The molecule has 0 atom stereocenters. The Bertz CT molecular complexity index is 764. The largest absolute Gasteiger partial charge is 0.369 e. The van der Waals surface area contributed by atoms with Gasteiger partial charge in [0.15, 0.2) is 5.65 Å². The van der Waals surface area contributed by atoms with Crippen molar-refractivity contribution in [1.82, 2.24) is 14.5 Å². The van der Waals surface area contributed by atoms with Crippen molar-refractivity contribution in [3.63, 3.8) is 0 Å². The summed E-state index contributed by atoms with van der Waals surface area (Å²) in [6.07, 6.45) is 9.87. The number of aromatic amines is 1. The molecule has 0 aliphatic heterocycles. The monoisotopic (exact) mass is 286 g/mol. The standard InChI is InChI=1S/C15H18N4O2/c1-3-5-6-7-19-13-11(8-12(16)20)10(4-2)9-17-14(13)18-15(19)21/h2,9H,3,5-8H2,1H3,(H2,16,20)(H,17,18,21). The molecule has 0 aliphatic carbocycles. The fraction of sp³-hybridized carbons (Fsp3) is 0.400. The van der Waals surface area contributed by atoms with Gasteiger partial charge in [-0.2, -0.15) is 0 Å². The fourth-order valence-corrected chi connectivity index (χ4v) is 2.40. The summed E-state index contributed by atoms with van der Waals surface area (Å²) in [7, 11) is 0. The van der Waals surface area contributed by atoms with Crippen LogP contribution in [0, 0.1) is 12.3 Å². The number of carbonyl (C=O) groups is 1. The van der Waals surface area contributed by atoms with E-state index in [2.05, 4.69) is 22.8 Å². The molecule has 2 aromatic rings. The van der Waals surface area contributed by atoms with Gasteiger partial charge in [-0.25, -0.2) is 9.78 Å². The smallest absolute Gasteiger partial charge is 0.327 e. The van der Waals surface area contributed by atoms with Crippen LogP contribution in [0.2, 0.25) is 0 Å². The van der Waals surface area contributed by atoms with Crippen LogP contribution in [0.4, 0.5) is 0 Å². The molecule has 110 valence electrons. The molecule has 2 heterocycles. The zero-order valence-electron chi connectivity index (χ0n) is 12.0. The van der Waals surface area contributed by atoms with Crippen molar-refractivity contribution >= 4 is 17.1 Å². The summed E-state index contributed by atoms with van der Waals surface area (Å²) in [6, 6.07) is 0. The van der Waals surface area contributed by atoms with Crippen molar-refractivity contribution in [3.05, 3.63) is 27.8 Å². The molecule has 6 nitrogen and oxygen atoms in total. The summed E-state index contributed by atoms with van der Waals surface area (Å²) in [4.78, 5) is 30.2. The quantitative estimate of drug-likeness (QED) is 0.611. The average molecular weight is 286 g/mol. The van der Waals surface area contributed by atoms with Gasteiger partial charge in [-0.1, -0.05) is 25.7 Å². The number of nitrogens with two attached hydrogens (primary N) is 1. The first-order valence-corrected chi connectivity index (χ1v) is 6.93. The van der Waals surface area contributed by atoms with Crippen molar-refractivity contribution in [2.24, 2.45) is 5.73 Å². The summed E-state index contributed by atoms with van der Waals surface area (Å²) < 4.78 is 1.59. The molecule has 1 amide bonds. The number of hydrogen-bond donors (Lipinski definition) is 2. The molecular formula is C15H18N4O2. The number of nitrogens with one attached hydrogen (secondary N) is 1. The molecule has 0 saturated heterocycles. The number of terminal acetylenes is 1. The number of imidazole rings is 1. The first-order valence-electron chi connectivity index (χ1n) is 6.93. The lowest BCUT2D eigenvalue weighted by Gasteiger charge is -2.08. The summed E-state index contributed by atoms with van der Waals surface area (Å²) in [5.41, 5.74) is 7.15. The second kappa shape index (κ2) is 6.27. The van der Waals surface area contributed by atoms with Crippen LogP contribution in [0.15, 0.2) is 11.0 Å². The zero-order valence-corrected chi connectivity index (χ0v) is 12.0. The van der Waals surface area contributed by atoms with Gasteiger partial charge in [0.25, 0.3) is 0 Å². The number of carbonyl (C=O) groups excluding carboxylic acids is 1. The molecule has 0 aliphatic rings. The second-order valence-electron chi connectivity index (χ2n) is 4.92. The van der Waals surface area contributed by atoms with Crippen LogP contribution >= 0.6 is 0 Å². The third kappa shape index (κ3) is 2.97. The summed E-state index contributed by atoms with van der Waals surface area (Å²) in [6.45, 7) is 2.66. The maximum absolute atomic E-state index is 12.1. The number of fused-ring (bicyclic) bond motifs is 1. The summed E-state index contributed by atoms with van der Waals surface area (Å²) >= 11 is 0. The van der Waals surface area contributed by atoms with Gasteiger partial charge in [0, 0.05) is 23.9 Å². The minimum Gasteiger partial charge on any atom is -0.369 e. The van der Waals surface area contributed by atoms with E-state index < -0.39 is 5.91 Å². The molecule has 2 aromatic heterocycles. The van der Waals surface area contributed by atoms with E-state index in [-0.39, 0.29) is 12.1 Å². The Morgan fingerprint density at radius 3 is 2.90 bits per heavy atom. The topological polar surface area (TPSA) is 93.8 Å². The molecule has 21 heavy (non-hydrogen) atoms. The second-order valence-corrected chi connectivity index (χ2v) is 4.92. The van der Waals surface area contributed by atoms with Gasteiger partial charge in [-0.15, -0.1) is 6.42 Å². The zero-order chi connectivity index (χ0) is 15.4. The Kier molecular flexibility index (Phi) is 4.43. The molecular weight excluding hydrogens is 268 g/mol. The Hall–Kier alpha value is -2.55. The van der Waals surface area contributed by atoms with Gasteiger partial charge in [0.05, 0.1) is 11.9 Å². The lowest BCUT2D eigenvalue weighted by Crippen LogP contribution is -2.19. The Balaban J connectivity index is 2.62. The van der Waals surface area contributed by atoms with Crippen LogP contribution in [0.25, 0.3) is 11.2 Å². The van der Waals surface area contributed by atoms with Gasteiger partial charge < -0.3 is 5.73 Å². The maximum Gasteiger partial charge on any atom is 0.327 e. The lowest BCUT2D eigenvalue weighted by atomic mass is 10.1. The van der Waals surface area contributed by atoms with Gasteiger partial charge in [0.1, 0.15) is 0 Å². The van der Waals surface area contributed by atoms with Crippen LogP contribution in [-0.2, 0) is 17.8 Å². The van der Waals surface area contributed by atoms with E-state index in [0.29, 0.717) is 28.8 Å². The van der Waals surface area contributed by atoms with Crippen molar-refractivity contribution < 1.29 is 4.79 Å². The molecule has 0 radical (unpaired) electrons. The van der Waals surface area contributed by atoms with E-state index in [1.54, 1.807) is 4.57 Å². The van der Waals surface area contributed by atoms with E-state index in [4.69, 9.17) is 12.2 Å². The highest BCUT2D eigenvalue weighted by Gasteiger charge is 2.16.